The zero-order chi connectivity index (χ0) is 16.5. The van der Waals surface area contributed by atoms with Gasteiger partial charge in [0.05, 0.1) is 16.9 Å². The van der Waals surface area contributed by atoms with E-state index in [9.17, 15) is 0 Å². The molecule has 4 rings (SSSR count). The summed E-state index contributed by atoms with van der Waals surface area (Å²) in [5.41, 5.74) is 2.82. The molecule has 1 aliphatic rings. The minimum Gasteiger partial charge on any atom is -0.360 e. The summed E-state index contributed by atoms with van der Waals surface area (Å²) >= 11 is 6.38. The molecule has 2 aromatic heterocycles. The SMILES string of the molecule is C[C@H]1CCNC[C@@H]1Nc1ncc(Cl)c(-c2c[nH]c3ccccc23)n1. The number of anilines is 1. The van der Waals surface area contributed by atoms with E-state index in [1.165, 1.54) is 0 Å². The highest BCUT2D eigenvalue weighted by Gasteiger charge is 2.22. The molecule has 0 saturated carbocycles. The zero-order valence-corrected chi connectivity index (χ0v) is 14.3. The summed E-state index contributed by atoms with van der Waals surface area (Å²) < 4.78 is 0. The molecule has 124 valence electrons. The fourth-order valence-corrected chi connectivity index (χ4v) is 3.43. The van der Waals surface area contributed by atoms with Gasteiger partial charge in [-0.2, -0.15) is 0 Å². The Labute approximate surface area is 145 Å². The number of para-hydroxylation sites is 1. The first-order valence-electron chi connectivity index (χ1n) is 8.28. The van der Waals surface area contributed by atoms with Crippen LogP contribution in [0.2, 0.25) is 5.02 Å². The third-order valence-corrected chi connectivity index (χ3v) is 5.01. The van der Waals surface area contributed by atoms with Crippen LogP contribution in [0.1, 0.15) is 13.3 Å². The van der Waals surface area contributed by atoms with Crippen LogP contribution in [0.15, 0.2) is 36.7 Å². The molecule has 1 fully saturated rings. The number of fused-ring (bicyclic) bond motifs is 1. The molecule has 0 amide bonds. The van der Waals surface area contributed by atoms with E-state index < -0.39 is 0 Å². The maximum absolute atomic E-state index is 6.38. The Morgan fingerprint density at radius 3 is 3.04 bits per heavy atom. The molecule has 6 heteroatoms. The maximum Gasteiger partial charge on any atom is 0.223 e. The fourth-order valence-electron chi connectivity index (χ4n) is 3.24. The van der Waals surface area contributed by atoms with Gasteiger partial charge in [0.15, 0.2) is 0 Å². The first-order valence-corrected chi connectivity index (χ1v) is 8.66. The first kappa shape index (κ1) is 15.4. The molecule has 2 atom stereocenters. The monoisotopic (exact) mass is 341 g/mol. The van der Waals surface area contributed by atoms with Gasteiger partial charge in [0.2, 0.25) is 5.95 Å². The van der Waals surface area contributed by atoms with Crippen molar-refractivity contribution in [1.82, 2.24) is 20.3 Å². The molecule has 3 aromatic rings. The molecule has 1 saturated heterocycles. The second kappa shape index (κ2) is 6.42. The van der Waals surface area contributed by atoms with Gasteiger partial charge in [0.1, 0.15) is 0 Å². The van der Waals surface area contributed by atoms with Gasteiger partial charge in [-0.15, -0.1) is 0 Å². The first-order chi connectivity index (χ1) is 11.7. The van der Waals surface area contributed by atoms with E-state index in [0.29, 0.717) is 22.9 Å². The van der Waals surface area contributed by atoms with Gasteiger partial charge in [0.25, 0.3) is 0 Å². The Kier molecular flexibility index (Phi) is 4.12. The molecule has 0 bridgehead atoms. The van der Waals surface area contributed by atoms with Crippen LogP contribution in [0.3, 0.4) is 0 Å². The summed E-state index contributed by atoms with van der Waals surface area (Å²) in [6.45, 7) is 4.26. The van der Waals surface area contributed by atoms with Crippen molar-refractivity contribution in [2.24, 2.45) is 5.92 Å². The van der Waals surface area contributed by atoms with Crippen LogP contribution in [0.5, 0.6) is 0 Å². The van der Waals surface area contributed by atoms with Crippen LogP contribution in [0, 0.1) is 5.92 Å². The lowest BCUT2D eigenvalue weighted by Gasteiger charge is -2.30. The van der Waals surface area contributed by atoms with Crippen LogP contribution in [0.25, 0.3) is 22.2 Å². The minimum absolute atomic E-state index is 0.329. The lowest BCUT2D eigenvalue weighted by molar-refractivity contribution is 0.365. The highest BCUT2D eigenvalue weighted by Crippen LogP contribution is 2.32. The highest BCUT2D eigenvalue weighted by atomic mass is 35.5. The normalized spacial score (nSPS) is 21.1. The average Bonchev–Trinajstić information content (AvgIpc) is 3.02. The summed E-state index contributed by atoms with van der Waals surface area (Å²) in [4.78, 5) is 12.3. The van der Waals surface area contributed by atoms with Crippen LogP contribution >= 0.6 is 11.6 Å². The summed E-state index contributed by atoms with van der Waals surface area (Å²) in [6, 6.07) is 8.47. The highest BCUT2D eigenvalue weighted by molar-refractivity contribution is 6.33. The van der Waals surface area contributed by atoms with Gasteiger partial charge < -0.3 is 15.6 Å². The van der Waals surface area contributed by atoms with Crippen LogP contribution in [-0.4, -0.2) is 34.1 Å². The third-order valence-electron chi connectivity index (χ3n) is 4.73. The quantitative estimate of drug-likeness (QED) is 0.679. The topological polar surface area (TPSA) is 65.6 Å². The van der Waals surface area contributed by atoms with Crippen molar-refractivity contribution in [2.45, 2.75) is 19.4 Å². The third kappa shape index (κ3) is 2.85. The van der Waals surface area contributed by atoms with Crippen LogP contribution in [0.4, 0.5) is 5.95 Å². The van der Waals surface area contributed by atoms with Gasteiger partial charge in [0, 0.05) is 35.2 Å². The summed E-state index contributed by atoms with van der Waals surface area (Å²) in [5, 5.41) is 8.53. The summed E-state index contributed by atoms with van der Waals surface area (Å²) in [7, 11) is 0. The Morgan fingerprint density at radius 1 is 1.29 bits per heavy atom. The Morgan fingerprint density at radius 2 is 2.17 bits per heavy atom. The van der Waals surface area contributed by atoms with Gasteiger partial charge in [-0.1, -0.05) is 36.7 Å². The molecule has 0 radical (unpaired) electrons. The van der Waals surface area contributed by atoms with E-state index in [1.807, 2.05) is 24.4 Å². The van der Waals surface area contributed by atoms with E-state index in [1.54, 1.807) is 6.20 Å². The molecular weight excluding hydrogens is 322 g/mol. The smallest absolute Gasteiger partial charge is 0.223 e. The predicted octanol–water partition coefficient (Wildman–Crippen LogP) is 3.69. The van der Waals surface area contributed by atoms with E-state index in [-0.39, 0.29) is 0 Å². The second-order valence-electron chi connectivity index (χ2n) is 6.36. The summed E-state index contributed by atoms with van der Waals surface area (Å²) in [5.74, 6) is 1.21. The zero-order valence-electron chi connectivity index (χ0n) is 13.5. The molecule has 0 unspecified atom stereocenters. The maximum atomic E-state index is 6.38. The van der Waals surface area contributed by atoms with Crippen molar-refractivity contribution in [2.75, 3.05) is 18.4 Å². The molecule has 3 heterocycles. The molecule has 1 aromatic carbocycles. The van der Waals surface area contributed by atoms with E-state index in [2.05, 4.69) is 33.6 Å². The van der Waals surface area contributed by atoms with Crippen LogP contribution in [-0.2, 0) is 0 Å². The molecule has 3 N–H and O–H groups in total. The largest absolute Gasteiger partial charge is 0.360 e. The molecule has 0 spiro atoms. The molecule has 5 nitrogen and oxygen atoms in total. The Bertz CT molecular complexity index is 859. The predicted molar refractivity (Wildman–Crippen MR) is 98.4 cm³/mol. The van der Waals surface area contributed by atoms with Gasteiger partial charge in [-0.25, -0.2) is 9.97 Å². The van der Waals surface area contributed by atoms with Gasteiger partial charge >= 0.3 is 0 Å². The number of aromatic nitrogens is 3. The molecule has 1 aliphatic heterocycles. The average molecular weight is 342 g/mol. The van der Waals surface area contributed by atoms with E-state index in [0.717, 1.165) is 41.7 Å². The van der Waals surface area contributed by atoms with E-state index >= 15 is 0 Å². The number of nitrogens with one attached hydrogen (secondary N) is 3. The van der Waals surface area contributed by atoms with Crippen molar-refractivity contribution in [3.05, 3.63) is 41.7 Å². The lowest BCUT2D eigenvalue weighted by Crippen LogP contribution is -2.44. The Balaban J connectivity index is 1.69. The number of benzene rings is 1. The number of halogens is 1. The summed E-state index contributed by atoms with van der Waals surface area (Å²) in [6.07, 6.45) is 4.78. The van der Waals surface area contributed by atoms with Crippen molar-refractivity contribution < 1.29 is 0 Å². The standard InChI is InChI=1S/C18H20ClN5/c1-11-6-7-20-10-16(11)23-18-22-9-14(19)17(24-18)13-8-21-15-5-3-2-4-12(13)15/h2-5,8-9,11,16,20-21H,6-7,10H2,1H3,(H,22,23,24)/t11-,16-/m0/s1. The molecule has 0 aliphatic carbocycles. The number of H-pyrrole nitrogens is 1. The number of hydrogen-bond donors (Lipinski definition) is 3. The number of aromatic amines is 1. The van der Waals surface area contributed by atoms with Crippen molar-refractivity contribution in [3.63, 3.8) is 0 Å². The fraction of sp³-hybridized carbons (Fsp3) is 0.333. The van der Waals surface area contributed by atoms with Gasteiger partial charge in [-0.05, 0) is 24.9 Å². The second-order valence-corrected chi connectivity index (χ2v) is 6.77. The molecular formula is C18H20ClN5. The van der Waals surface area contributed by atoms with Crippen LogP contribution < -0.4 is 10.6 Å². The van der Waals surface area contributed by atoms with E-state index in [4.69, 9.17) is 16.6 Å². The number of nitrogens with zero attached hydrogens (tertiary/aromatic N) is 2. The molecule has 24 heavy (non-hydrogen) atoms. The number of hydrogen-bond acceptors (Lipinski definition) is 4. The van der Waals surface area contributed by atoms with Gasteiger partial charge in [-0.3, -0.25) is 0 Å². The lowest BCUT2D eigenvalue weighted by atomic mass is 9.95. The number of rotatable bonds is 3. The Hall–Kier alpha value is -2.11. The number of piperidine rings is 1. The van der Waals surface area contributed by atoms with Crippen molar-refractivity contribution in [1.29, 1.82) is 0 Å². The van der Waals surface area contributed by atoms with Crippen molar-refractivity contribution in [3.8, 4) is 11.3 Å². The van der Waals surface area contributed by atoms with Crippen molar-refractivity contribution >= 4 is 28.5 Å². The minimum atomic E-state index is 0.329.